The number of benzene rings is 4. The Bertz CT molecular complexity index is 1520. The molecule has 0 saturated carbocycles. The van der Waals surface area contributed by atoms with Crippen LogP contribution in [0.4, 0.5) is 0 Å². The highest BCUT2D eigenvalue weighted by Gasteiger charge is 2.22. The molecule has 0 atom stereocenters. The van der Waals surface area contributed by atoms with Gasteiger partial charge in [0.2, 0.25) is 0 Å². The third-order valence-corrected chi connectivity index (χ3v) is 7.36. The average Bonchev–Trinajstić information content (AvgIpc) is 3.35. The summed E-state index contributed by atoms with van der Waals surface area (Å²) >= 11 is 1.58. The zero-order valence-corrected chi connectivity index (χ0v) is 21.6. The molecule has 5 aromatic rings. The van der Waals surface area contributed by atoms with E-state index in [0.717, 1.165) is 43.3 Å². The molecule has 5 rings (SSSR count). The van der Waals surface area contributed by atoms with Crippen molar-refractivity contribution in [3.05, 3.63) is 108 Å². The van der Waals surface area contributed by atoms with Crippen LogP contribution in [0.2, 0.25) is 0 Å². The van der Waals surface area contributed by atoms with Gasteiger partial charge in [-0.2, -0.15) is 0 Å². The monoisotopic (exact) mass is 510 g/mol. The normalized spacial score (nSPS) is 10.8. The molecule has 0 bridgehead atoms. The molecule has 0 N–H and O–H groups in total. The van der Waals surface area contributed by atoms with E-state index in [2.05, 4.69) is 0 Å². The SMILES string of the molecule is COc1ccc(COc2ccc(C(=O)c3c(-c4ccc(OC)cc4)sc4cc(OC)ccc34)cc2)cc1. The Morgan fingerprint density at radius 1 is 0.676 bits per heavy atom. The van der Waals surface area contributed by atoms with Crippen molar-refractivity contribution >= 4 is 27.2 Å². The van der Waals surface area contributed by atoms with Crippen LogP contribution in [0.15, 0.2) is 91.0 Å². The van der Waals surface area contributed by atoms with E-state index in [1.807, 2.05) is 91.0 Å². The van der Waals surface area contributed by atoms with Crippen molar-refractivity contribution in [2.24, 2.45) is 0 Å². The second-order valence-electron chi connectivity index (χ2n) is 8.39. The molecule has 0 radical (unpaired) electrons. The van der Waals surface area contributed by atoms with Crippen LogP contribution in [0.3, 0.4) is 0 Å². The summed E-state index contributed by atoms with van der Waals surface area (Å²) in [7, 11) is 4.92. The third-order valence-electron chi connectivity index (χ3n) is 6.16. The Morgan fingerprint density at radius 3 is 1.86 bits per heavy atom. The van der Waals surface area contributed by atoms with E-state index >= 15 is 0 Å². The van der Waals surface area contributed by atoms with Gasteiger partial charge in [-0.1, -0.05) is 12.1 Å². The molecular formula is C31H26O5S. The molecule has 0 aliphatic rings. The standard InChI is InChI=1S/C31H26O5S/c1-33-23-10-4-20(5-11-23)19-36-25-14-6-21(7-15-25)30(32)29-27-17-16-26(35-3)18-28(27)37-31(29)22-8-12-24(34-2)13-9-22/h4-18H,19H2,1-3H3. The quantitative estimate of drug-likeness (QED) is 0.193. The van der Waals surface area contributed by atoms with Crippen LogP contribution in [-0.2, 0) is 6.61 Å². The van der Waals surface area contributed by atoms with Crippen LogP contribution < -0.4 is 18.9 Å². The van der Waals surface area contributed by atoms with Gasteiger partial charge in [0.05, 0.1) is 21.3 Å². The number of thiophene rings is 1. The lowest BCUT2D eigenvalue weighted by atomic mass is 9.97. The summed E-state index contributed by atoms with van der Waals surface area (Å²) in [5, 5.41) is 0.904. The van der Waals surface area contributed by atoms with Crippen LogP contribution in [-0.4, -0.2) is 27.1 Å². The number of carbonyl (C=O) groups excluding carboxylic acids is 1. The molecule has 0 unspecified atom stereocenters. The fraction of sp³-hybridized carbons (Fsp3) is 0.129. The van der Waals surface area contributed by atoms with Crippen molar-refractivity contribution in [2.75, 3.05) is 21.3 Å². The lowest BCUT2D eigenvalue weighted by molar-refractivity contribution is 0.104. The van der Waals surface area contributed by atoms with Crippen LogP contribution in [0.1, 0.15) is 21.5 Å². The zero-order chi connectivity index (χ0) is 25.8. The first-order valence-corrected chi connectivity index (χ1v) is 12.6. The second-order valence-corrected chi connectivity index (χ2v) is 9.44. The van der Waals surface area contributed by atoms with E-state index in [-0.39, 0.29) is 5.78 Å². The first kappa shape index (κ1) is 24.4. The molecule has 186 valence electrons. The van der Waals surface area contributed by atoms with Crippen molar-refractivity contribution in [3.63, 3.8) is 0 Å². The number of hydrogen-bond acceptors (Lipinski definition) is 6. The zero-order valence-electron chi connectivity index (χ0n) is 20.8. The first-order valence-electron chi connectivity index (χ1n) is 11.7. The first-order chi connectivity index (χ1) is 18.1. The molecule has 5 nitrogen and oxygen atoms in total. The Kier molecular flexibility index (Phi) is 7.10. The number of rotatable bonds is 9. The fourth-order valence-electron chi connectivity index (χ4n) is 4.11. The summed E-state index contributed by atoms with van der Waals surface area (Å²) in [4.78, 5) is 14.8. The third kappa shape index (κ3) is 5.15. The number of hydrogen-bond donors (Lipinski definition) is 0. The Morgan fingerprint density at radius 2 is 1.24 bits per heavy atom. The van der Waals surface area contributed by atoms with Crippen molar-refractivity contribution in [1.29, 1.82) is 0 Å². The minimum Gasteiger partial charge on any atom is -0.497 e. The highest BCUT2D eigenvalue weighted by molar-refractivity contribution is 7.22. The van der Waals surface area contributed by atoms with Crippen LogP contribution >= 0.6 is 11.3 Å². The molecule has 0 saturated heterocycles. The molecule has 6 heteroatoms. The van der Waals surface area contributed by atoms with Gasteiger partial charge in [-0.05, 0) is 90.0 Å². The van der Waals surface area contributed by atoms with E-state index in [9.17, 15) is 4.79 Å². The van der Waals surface area contributed by atoms with Gasteiger partial charge < -0.3 is 18.9 Å². The van der Waals surface area contributed by atoms with Gasteiger partial charge in [0.15, 0.2) is 5.78 Å². The number of carbonyl (C=O) groups is 1. The molecule has 37 heavy (non-hydrogen) atoms. The topological polar surface area (TPSA) is 54.0 Å². The number of fused-ring (bicyclic) bond motifs is 1. The van der Waals surface area contributed by atoms with E-state index in [1.54, 1.807) is 32.7 Å². The predicted octanol–water partition coefficient (Wildman–Crippen LogP) is 7.40. The minimum absolute atomic E-state index is 0.0380. The van der Waals surface area contributed by atoms with Gasteiger partial charge in [-0.15, -0.1) is 11.3 Å². The van der Waals surface area contributed by atoms with Crippen molar-refractivity contribution in [2.45, 2.75) is 6.61 Å². The molecule has 0 aliphatic carbocycles. The minimum atomic E-state index is -0.0380. The largest absolute Gasteiger partial charge is 0.497 e. The smallest absolute Gasteiger partial charge is 0.195 e. The Hall–Kier alpha value is -4.29. The van der Waals surface area contributed by atoms with Gasteiger partial charge in [0, 0.05) is 26.1 Å². The van der Waals surface area contributed by atoms with E-state index < -0.39 is 0 Å². The van der Waals surface area contributed by atoms with Gasteiger partial charge >= 0.3 is 0 Å². The molecule has 1 heterocycles. The predicted molar refractivity (Wildman–Crippen MR) is 148 cm³/mol. The summed E-state index contributed by atoms with van der Waals surface area (Å²) in [5.41, 5.74) is 3.27. The number of methoxy groups -OCH3 is 3. The molecule has 0 spiro atoms. The van der Waals surface area contributed by atoms with Crippen molar-refractivity contribution < 1.29 is 23.7 Å². The summed E-state index contributed by atoms with van der Waals surface area (Å²) in [6.45, 7) is 0.426. The lowest BCUT2D eigenvalue weighted by Gasteiger charge is -2.09. The van der Waals surface area contributed by atoms with Crippen LogP contribution in [0, 0.1) is 0 Å². The van der Waals surface area contributed by atoms with Crippen LogP contribution in [0.25, 0.3) is 20.5 Å². The number of ether oxygens (including phenoxy) is 4. The van der Waals surface area contributed by atoms with E-state index in [1.165, 1.54) is 0 Å². The summed E-state index contributed by atoms with van der Waals surface area (Å²) in [6.07, 6.45) is 0. The molecule has 0 aliphatic heterocycles. The summed E-state index contributed by atoms with van der Waals surface area (Å²) in [5.74, 6) is 2.99. The highest BCUT2D eigenvalue weighted by Crippen LogP contribution is 2.41. The molecule has 0 amide bonds. The average molecular weight is 511 g/mol. The summed E-state index contributed by atoms with van der Waals surface area (Å²) < 4.78 is 22.8. The van der Waals surface area contributed by atoms with Gasteiger partial charge in [0.25, 0.3) is 0 Å². The van der Waals surface area contributed by atoms with E-state index in [4.69, 9.17) is 18.9 Å². The molecular weight excluding hydrogens is 484 g/mol. The molecule has 4 aromatic carbocycles. The molecule has 1 aromatic heterocycles. The Labute approximate surface area is 219 Å². The molecule has 0 fully saturated rings. The van der Waals surface area contributed by atoms with Gasteiger partial charge in [-0.3, -0.25) is 4.79 Å². The maximum atomic E-state index is 13.8. The second kappa shape index (κ2) is 10.8. The number of ketones is 1. The summed E-state index contributed by atoms with van der Waals surface area (Å²) in [6, 6.07) is 28.6. The van der Waals surface area contributed by atoms with Crippen LogP contribution in [0.5, 0.6) is 23.0 Å². The van der Waals surface area contributed by atoms with Crippen molar-refractivity contribution in [3.8, 4) is 33.4 Å². The maximum Gasteiger partial charge on any atom is 0.195 e. The Balaban J connectivity index is 1.44. The van der Waals surface area contributed by atoms with E-state index in [0.29, 0.717) is 23.5 Å². The van der Waals surface area contributed by atoms with Crippen molar-refractivity contribution in [1.82, 2.24) is 0 Å². The highest BCUT2D eigenvalue weighted by atomic mass is 32.1. The van der Waals surface area contributed by atoms with Gasteiger partial charge in [0.1, 0.15) is 29.6 Å². The lowest BCUT2D eigenvalue weighted by Crippen LogP contribution is -2.03. The van der Waals surface area contributed by atoms with Gasteiger partial charge in [-0.25, -0.2) is 0 Å². The maximum absolute atomic E-state index is 13.8. The fourth-order valence-corrected chi connectivity index (χ4v) is 5.34.